The summed E-state index contributed by atoms with van der Waals surface area (Å²) in [6.45, 7) is 5.73. The number of halogens is 3. The van der Waals surface area contributed by atoms with Crippen molar-refractivity contribution in [3.05, 3.63) is 0 Å². The zero-order valence-corrected chi connectivity index (χ0v) is 11.7. The molecule has 17 heavy (non-hydrogen) atoms. The normalized spacial score (nSPS) is 12.6. The Bertz CT molecular complexity index is 224. The van der Waals surface area contributed by atoms with Gasteiger partial charge in [-0.3, -0.25) is 0 Å². The maximum absolute atomic E-state index is 12.2. The van der Waals surface area contributed by atoms with Crippen LogP contribution in [0, 0.1) is 0 Å². The van der Waals surface area contributed by atoms with Crippen molar-refractivity contribution in [3.63, 3.8) is 0 Å². The molecular weight excluding hydrogens is 249 g/mol. The van der Waals surface area contributed by atoms with Crippen molar-refractivity contribution in [2.75, 3.05) is 0 Å². The topological polar surface area (TPSA) is 26.3 Å². The van der Waals surface area contributed by atoms with Crippen LogP contribution in [0.15, 0.2) is 0 Å². The Hall–Kier alpha value is -0.523. The summed E-state index contributed by atoms with van der Waals surface area (Å²) in [4.78, 5) is 11.0. The molecule has 0 rings (SSSR count). The number of carbonyl (C=O) groups excluding carboxylic acids is 1. The van der Waals surface area contributed by atoms with Crippen LogP contribution in [0.3, 0.4) is 0 Å². The van der Waals surface area contributed by atoms with Crippen LogP contribution < -0.4 is 0 Å². The lowest BCUT2D eigenvalue weighted by molar-refractivity contribution is -0.190. The second-order valence-corrected chi connectivity index (χ2v) is 8.39. The number of carbonyl (C=O) groups is 1. The fourth-order valence-electron chi connectivity index (χ4n) is 2.15. The minimum atomic E-state index is -4.87. The maximum atomic E-state index is 12.2. The lowest BCUT2D eigenvalue weighted by Crippen LogP contribution is -2.43. The first-order valence-electron chi connectivity index (χ1n) is 6.11. The first kappa shape index (κ1) is 16.5. The summed E-state index contributed by atoms with van der Waals surface area (Å²) < 4.78 is 41.6. The van der Waals surface area contributed by atoms with Gasteiger partial charge in [0.05, 0.1) is 0 Å². The van der Waals surface area contributed by atoms with Gasteiger partial charge in [0.25, 0.3) is 8.32 Å². The van der Waals surface area contributed by atoms with Crippen LogP contribution in [-0.4, -0.2) is 20.5 Å². The maximum Gasteiger partial charge on any atom is 0.489 e. The summed E-state index contributed by atoms with van der Waals surface area (Å²) >= 11 is 0. The summed E-state index contributed by atoms with van der Waals surface area (Å²) in [5, 5.41) is 0. The Labute approximate surface area is 102 Å². The van der Waals surface area contributed by atoms with E-state index in [2.05, 4.69) is 0 Å². The molecule has 2 nitrogen and oxygen atoms in total. The van der Waals surface area contributed by atoms with Gasteiger partial charge in [-0.15, -0.1) is 0 Å². The highest BCUT2D eigenvalue weighted by Gasteiger charge is 2.46. The summed E-state index contributed by atoms with van der Waals surface area (Å²) in [6, 6.07) is 1.86. The van der Waals surface area contributed by atoms with E-state index in [-0.39, 0.29) is 0 Å². The molecular formula is C11H21F3O2Si. The van der Waals surface area contributed by atoms with Gasteiger partial charge in [-0.05, 0) is 18.1 Å². The predicted molar refractivity (Wildman–Crippen MR) is 63.2 cm³/mol. The van der Waals surface area contributed by atoms with E-state index < -0.39 is 20.5 Å². The fraction of sp³-hybridized carbons (Fsp3) is 0.909. The van der Waals surface area contributed by atoms with E-state index >= 15 is 0 Å². The van der Waals surface area contributed by atoms with Crippen molar-refractivity contribution in [2.24, 2.45) is 0 Å². The summed E-state index contributed by atoms with van der Waals surface area (Å²) in [7, 11) is -2.54. The average molecular weight is 270 g/mol. The average Bonchev–Trinajstić information content (AvgIpc) is 2.17. The largest absolute Gasteiger partial charge is 0.513 e. The molecule has 0 aliphatic rings. The van der Waals surface area contributed by atoms with Crippen molar-refractivity contribution in [1.82, 2.24) is 0 Å². The van der Waals surface area contributed by atoms with Crippen molar-refractivity contribution in [1.29, 1.82) is 0 Å². The van der Waals surface area contributed by atoms with Crippen LogP contribution in [-0.2, 0) is 9.22 Å². The molecule has 0 aliphatic carbocycles. The molecule has 0 amide bonds. The van der Waals surface area contributed by atoms with Crippen LogP contribution in [0.2, 0.25) is 18.1 Å². The summed E-state index contributed by atoms with van der Waals surface area (Å²) in [6.07, 6.45) is -2.58. The predicted octanol–water partition coefficient (Wildman–Crippen LogP) is 4.27. The quantitative estimate of drug-likeness (QED) is 0.646. The van der Waals surface area contributed by atoms with Crippen LogP contribution in [0.1, 0.15) is 40.0 Å². The Kier molecular flexibility index (Phi) is 6.82. The van der Waals surface area contributed by atoms with Crippen molar-refractivity contribution in [3.8, 4) is 0 Å². The Balaban J connectivity index is 4.82. The molecule has 0 radical (unpaired) electrons. The summed E-state index contributed by atoms with van der Waals surface area (Å²) in [5.41, 5.74) is 0. The van der Waals surface area contributed by atoms with Crippen molar-refractivity contribution >= 4 is 14.3 Å². The molecule has 0 N–H and O–H groups in total. The molecule has 0 spiro atoms. The number of rotatable bonds is 7. The third-order valence-electron chi connectivity index (χ3n) is 2.66. The van der Waals surface area contributed by atoms with Crippen LogP contribution in [0.5, 0.6) is 0 Å². The van der Waals surface area contributed by atoms with E-state index in [1.807, 2.05) is 20.8 Å². The van der Waals surface area contributed by atoms with Crippen LogP contribution >= 0.6 is 0 Å². The molecule has 0 saturated heterocycles. The highest BCUT2D eigenvalue weighted by atomic mass is 28.4. The highest BCUT2D eigenvalue weighted by Crippen LogP contribution is 2.30. The zero-order chi connectivity index (χ0) is 13.5. The number of alkyl halides is 3. The fourth-order valence-corrected chi connectivity index (χ4v) is 6.45. The minimum Gasteiger partial charge on any atom is -0.513 e. The van der Waals surface area contributed by atoms with Gasteiger partial charge < -0.3 is 4.43 Å². The van der Waals surface area contributed by atoms with E-state index in [4.69, 9.17) is 4.43 Å². The van der Waals surface area contributed by atoms with Gasteiger partial charge in [-0.25, -0.2) is 4.79 Å². The Morgan fingerprint density at radius 1 is 1.00 bits per heavy atom. The summed E-state index contributed by atoms with van der Waals surface area (Å²) in [5.74, 6) is -2.00. The van der Waals surface area contributed by atoms with Gasteiger partial charge >= 0.3 is 12.1 Å². The second-order valence-electron chi connectivity index (χ2n) is 4.32. The van der Waals surface area contributed by atoms with Gasteiger partial charge in [0.1, 0.15) is 0 Å². The zero-order valence-electron chi connectivity index (χ0n) is 10.7. The Morgan fingerprint density at radius 3 is 1.59 bits per heavy atom. The van der Waals surface area contributed by atoms with E-state index in [1.54, 1.807) is 0 Å². The van der Waals surface area contributed by atoms with Crippen molar-refractivity contribution in [2.45, 2.75) is 64.3 Å². The lowest BCUT2D eigenvalue weighted by atomic mass is 10.6. The third kappa shape index (κ3) is 5.56. The molecule has 102 valence electrons. The standard InChI is InChI=1S/C11H21F3O2Si/c1-4-7-17(8-5-2,9-6-3)16-10(15)11(12,13)14/h4-9H2,1-3H3. The van der Waals surface area contributed by atoms with Gasteiger partial charge in [0.2, 0.25) is 0 Å². The lowest BCUT2D eigenvalue weighted by Gasteiger charge is -2.30. The first-order chi connectivity index (χ1) is 7.81. The molecule has 0 aromatic heterocycles. The minimum absolute atomic E-state index is 0.622. The number of hydrogen-bond donors (Lipinski definition) is 0. The van der Waals surface area contributed by atoms with Crippen LogP contribution in [0.4, 0.5) is 13.2 Å². The van der Waals surface area contributed by atoms with Crippen LogP contribution in [0.25, 0.3) is 0 Å². The molecule has 0 unspecified atom stereocenters. The molecule has 0 saturated carbocycles. The van der Waals surface area contributed by atoms with E-state index in [1.165, 1.54) is 0 Å². The molecule has 0 aromatic carbocycles. The van der Waals surface area contributed by atoms with E-state index in [9.17, 15) is 18.0 Å². The monoisotopic (exact) mass is 270 g/mol. The molecule has 0 heterocycles. The molecule has 0 bridgehead atoms. The third-order valence-corrected chi connectivity index (χ3v) is 7.51. The second kappa shape index (κ2) is 7.03. The van der Waals surface area contributed by atoms with Gasteiger partial charge in [-0.2, -0.15) is 13.2 Å². The molecule has 0 aromatic rings. The molecule has 6 heteroatoms. The SMILES string of the molecule is CCC[Si](CCC)(CCC)OC(=O)C(F)(F)F. The van der Waals surface area contributed by atoms with E-state index in [0.29, 0.717) is 18.1 Å². The number of hydrogen-bond acceptors (Lipinski definition) is 2. The molecule has 0 aliphatic heterocycles. The van der Waals surface area contributed by atoms with Gasteiger partial charge in [-0.1, -0.05) is 40.0 Å². The highest BCUT2D eigenvalue weighted by molar-refractivity contribution is 6.75. The van der Waals surface area contributed by atoms with Gasteiger partial charge in [0, 0.05) is 0 Å². The van der Waals surface area contributed by atoms with Crippen molar-refractivity contribution < 1.29 is 22.4 Å². The molecule has 0 atom stereocenters. The Morgan fingerprint density at radius 2 is 1.35 bits per heavy atom. The van der Waals surface area contributed by atoms with E-state index in [0.717, 1.165) is 19.3 Å². The first-order valence-corrected chi connectivity index (χ1v) is 8.64. The molecule has 0 fully saturated rings. The van der Waals surface area contributed by atoms with Gasteiger partial charge in [0.15, 0.2) is 0 Å². The smallest absolute Gasteiger partial charge is 0.489 e.